The van der Waals surface area contributed by atoms with E-state index in [0.29, 0.717) is 24.8 Å². The van der Waals surface area contributed by atoms with E-state index in [4.69, 9.17) is 23.2 Å². The van der Waals surface area contributed by atoms with Gasteiger partial charge >= 0.3 is 12.2 Å². The Bertz CT molecular complexity index is 709. The number of carbonyl (C=O) groups is 1. The number of rotatable bonds is 1. The van der Waals surface area contributed by atoms with Gasteiger partial charge in [0.2, 0.25) is 0 Å². The molecule has 0 bridgehead atoms. The van der Waals surface area contributed by atoms with E-state index in [-0.39, 0.29) is 24.0 Å². The van der Waals surface area contributed by atoms with E-state index in [0.717, 1.165) is 12.1 Å². The molecule has 3 nitrogen and oxygen atoms in total. The third-order valence-electron chi connectivity index (χ3n) is 5.76. The molecule has 130 valence electrons. The van der Waals surface area contributed by atoms with Gasteiger partial charge in [0.1, 0.15) is 4.33 Å². The van der Waals surface area contributed by atoms with Crippen molar-refractivity contribution in [3.05, 3.63) is 35.4 Å². The first-order valence-electron chi connectivity index (χ1n) is 7.76. The Morgan fingerprint density at radius 2 is 1.83 bits per heavy atom. The molecule has 2 N–H and O–H groups in total. The van der Waals surface area contributed by atoms with Crippen LogP contribution < -0.4 is 10.6 Å². The predicted molar refractivity (Wildman–Crippen MR) is 84.1 cm³/mol. The number of benzene rings is 1. The van der Waals surface area contributed by atoms with E-state index in [1.807, 2.05) is 0 Å². The molecule has 3 aliphatic rings. The average Bonchev–Trinajstić information content (AvgIpc) is 2.83. The number of hydrogen-bond donors (Lipinski definition) is 2. The van der Waals surface area contributed by atoms with Crippen LogP contribution in [0, 0.1) is 5.92 Å². The zero-order valence-corrected chi connectivity index (χ0v) is 14.0. The third kappa shape index (κ3) is 2.15. The van der Waals surface area contributed by atoms with E-state index in [9.17, 15) is 18.0 Å². The number of fused-ring (bicyclic) bond motifs is 2. The van der Waals surface area contributed by atoms with Gasteiger partial charge < -0.3 is 10.6 Å². The molecular formula is C16H15Cl2F3N2O. The van der Waals surface area contributed by atoms with Gasteiger partial charge in [-0.2, -0.15) is 13.2 Å². The fourth-order valence-electron chi connectivity index (χ4n) is 4.62. The summed E-state index contributed by atoms with van der Waals surface area (Å²) in [5.41, 5.74) is -0.990. The van der Waals surface area contributed by atoms with Crippen molar-refractivity contribution < 1.29 is 18.0 Å². The molecule has 2 amide bonds. The van der Waals surface area contributed by atoms with Gasteiger partial charge in [0, 0.05) is 5.41 Å². The van der Waals surface area contributed by atoms with Crippen molar-refractivity contribution >= 4 is 29.2 Å². The molecule has 2 saturated carbocycles. The first-order chi connectivity index (χ1) is 11.1. The number of nitrogens with one attached hydrogen (secondary N) is 2. The smallest absolute Gasteiger partial charge is 0.333 e. The molecule has 1 saturated heterocycles. The van der Waals surface area contributed by atoms with Gasteiger partial charge in [-0.3, -0.25) is 0 Å². The number of urea groups is 1. The van der Waals surface area contributed by atoms with Gasteiger partial charge in [-0.1, -0.05) is 18.2 Å². The van der Waals surface area contributed by atoms with Gasteiger partial charge in [0.15, 0.2) is 0 Å². The number of hydrogen-bond acceptors (Lipinski definition) is 1. The van der Waals surface area contributed by atoms with Crippen LogP contribution in [0.15, 0.2) is 24.3 Å². The molecule has 2 unspecified atom stereocenters. The molecule has 0 aromatic heterocycles. The molecular weight excluding hydrogens is 364 g/mol. The summed E-state index contributed by atoms with van der Waals surface area (Å²) in [6.45, 7) is 0. The Balaban J connectivity index is 1.77. The summed E-state index contributed by atoms with van der Waals surface area (Å²) < 4.78 is 38.2. The van der Waals surface area contributed by atoms with E-state index in [2.05, 4.69) is 10.6 Å². The highest BCUT2D eigenvalue weighted by molar-refractivity contribution is 6.50. The van der Waals surface area contributed by atoms with E-state index < -0.39 is 21.5 Å². The summed E-state index contributed by atoms with van der Waals surface area (Å²) in [6, 6.07) is 4.79. The Labute approximate surface area is 146 Å². The molecule has 1 aromatic rings. The molecule has 3 fully saturated rings. The van der Waals surface area contributed by atoms with Crippen molar-refractivity contribution in [3.8, 4) is 0 Å². The maximum absolute atomic E-state index is 13.1. The minimum atomic E-state index is -4.42. The highest BCUT2D eigenvalue weighted by Crippen LogP contribution is 2.67. The Morgan fingerprint density at radius 3 is 2.50 bits per heavy atom. The van der Waals surface area contributed by atoms with Crippen molar-refractivity contribution in [2.75, 3.05) is 0 Å². The van der Waals surface area contributed by atoms with E-state index in [1.165, 1.54) is 6.07 Å². The van der Waals surface area contributed by atoms with Crippen LogP contribution in [-0.2, 0) is 11.6 Å². The summed E-state index contributed by atoms with van der Waals surface area (Å²) in [7, 11) is 0. The Morgan fingerprint density at radius 1 is 1.12 bits per heavy atom. The summed E-state index contributed by atoms with van der Waals surface area (Å²) in [6.07, 6.45) is -2.84. The highest BCUT2D eigenvalue weighted by atomic mass is 35.5. The summed E-state index contributed by atoms with van der Waals surface area (Å²) in [5.74, 6) is 0.0393. The Hall–Kier alpha value is -1.14. The van der Waals surface area contributed by atoms with Crippen molar-refractivity contribution in [1.29, 1.82) is 0 Å². The van der Waals surface area contributed by atoms with Gasteiger partial charge in [-0.25, -0.2) is 4.79 Å². The van der Waals surface area contributed by atoms with Crippen LogP contribution in [0.4, 0.5) is 18.0 Å². The Kier molecular flexibility index (Phi) is 3.37. The lowest BCUT2D eigenvalue weighted by Crippen LogP contribution is -2.67. The zero-order chi connectivity index (χ0) is 17.3. The second-order valence-electron chi connectivity index (χ2n) is 6.93. The topological polar surface area (TPSA) is 41.1 Å². The van der Waals surface area contributed by atoms with Gasteiger partial charge in [-0.15, -0.1) is 23.2 Å². The first-order valence-corrected chi connectivity index (χ1v) is 8.52. The van der Waals surface area contributed by atoms with Crippen molar-refractivity contribution in [1.82, 2.24) is 10.6 Å². The maximum Gasteiger partial charge on any atom is 0.416 e. The molecule has 1 aromatic carbocycles. The van der Waals surface area contributed by atoms with Crippen LogP contribution in [0.3, 0.4) is 0 Å². The quantitative estimate of drug-likeness (QED) is 0.713. The molecule has 0 radical (unpaired) electrons. The van der Waals surface area contributed by atoms with Crippen molar-refractivity contribution in [2.45, 2.75) is 47.3 Å². The fourth-order valence-corrected chi connectivity index (χ4v) is 5.67. The van der Waals surface area contributed by atoms with Gasteiger partial charge in [0.25, 0.3) is 0 Å². The standard InChI is InChI=1S/C16H15Cl2F3N2O/c17-15(18)6-10-5-11-12(23-13(24)22-11)7-14(10,15)8-2-1-3-9(4-8)16(19,20)21/h1-4,10-12H,5-7H2,(H2,22,23,24)/t10?,11?,12-,14+/m0/s1. The number of alkyl halides is 5. The average molecular weight is 379 g/mol. The lowest BCUT2D eigenvalue weighted by molar-refractivity contribution is -0.137. The van der Waals surface area contributed by atoms with Crippen LogP contribution >= 0.6 is 23.2 Å². The summed E-state index contributed by atoms with van der Waals surface area (Å²) >= 11 is 13.0. The van der Waals surface area contributed by atoms with Gasteiger partial charge in [-0.05, 0) is 36.8 Å². The number of carbonyl (C=O) groups excluding carboxylic acids is 1. The minimum Gasteiger partial charge on any atom is -0.333 e. The number of amides is 2. The van der Waals surface area contributed by atoms with Crippen LogP contribution in [0.5, 0.6) is 0 Å². The van der Waals surface area contributed by atoms with Crippen molar-refractivity contribution in [3.63, 3.8) is 0 Å². The molecule has 8 heteroatoms. The van der Waals surface area contributed by atoms with E-state index in [1.54, 1.807) is 6.07 Å². The second-order valence-corrected chi connectivity index (χ2v) is 8.41. The lowest BCUT2D eigenvalue weighted by Gasteiger charge is -2.63. The number of halogens is 5. The van der Waals surface area contributed by atoms with Crippen LogP contribution in [0.1, 0.15) is 30.4 Å². The van der Waals surface area contributed by atoms with E-state index >= 15 is 0 Å². The predicted octanol–water partition coefficient (Wildman–Crippen LogP) is 3.98. The van der Waals surface area contributed by atoms with Crippen LogP contribution in [-0.4, -0.2) is 22.4 Å². The molecule has 2 aliphatic carbocycles. The molecule has 1 heterocycles. The fraction of sp³-hybridized carbons (Fsp3) is 0.562. The zero-order valence-electron chi connectivity index (χ0n) is 12.5. The van der Waals surface area contributed by atoms with Gasteiger partial charge in [0.05, 0.1) is 17.6 Å². The monoisotopic (exact) mass is 378 g/mol. The largest absolute Gasteiger partial charge is 0.416 e. The molecule has 4 rings (SSSR count). The molecule has 24 heavy (non-hydrogen) atoms. The summed E-state index contributed by atoms with van der Waals surface area (Å²) in [4.78, 5) is 11.6. The van der Waals surface area contributed by atoms with Crippen molar-refractivity contribution in [2.24, 2.45) is 5.92 Å². The van der Waals surface area contributed by atoms with Crippen LogP contribution in [0.2, 0.25) is 0 Å². The second kappa shape index (κ2) is 4.94. The molecule has 4 atom stereocenters. The maximum atomic E-state index is 13.1. The lowest BCUT2D eigenvalue weighted by atomic mass is 9.48. The third-order valence-corrected chi connectivity index (χ3v) is 6.74. The summed E-state index contributed by atoms with van der Waals surface area (Å²) in [5, 5.41) is 5.68. The van der Waals surface area contributed by atoms with Crippen LogP contribution in [0.25, 0.3) is 0 Å². The highest BCUT2D eigenvalue weighted by Gasteiger charge is 2.68. The molecule has 0 spiro atoms. The molecule has 1 aliphatic heterocycles. The first kappa shape index (κ1) is 16.3. The minimum absolute atomic E-state index is 0.0224. The normalized spacial score (nSPS) is 36.9. The SMILES string of the molecule is O=C1NC2CC3CC(Cl)(Cl)[C@@]3(c3cccc(C(F)(F)F)c3)C[C@@H]2N1.